The zero-order valence-corrected chi connectivity index (χ0v) is 18.4. The maximum absolute atomic E-state index is 11.4. The number of rotatable bonds is 8. The lowest BCUT2D eigenvalue weighted by Crippen LogP contribution is -2.41. The van der Waals surface area contributed by atoms with Crippen LogP contribution in [0.5, 0.6) is 0 Å². The highest BCUT2D eigenvalue weighted by molar-refractivity contribution is 8.03. The van der Waals surface area contributed by atoms with Gasteiger partial charge in [-0.15, -0.1) is 11.8 Å². The van der Waals surface area contributed by atoms with Gasteiger partial charge in [-0.25, -0.2) is 4.79 Å². The quantitative estimate of drug-likeness (QED) is 0.431. The summed E-state index contributed by atoms with van der Waals surface area (Å²) in [7, 11) is 0. The first-order valence-electron chi connectivity index (χ1n) is 10.2. The smallest absolute Gasteiger partial charge is 0.327 e. The largest absolute Gasteiger partial charge is 0.480 e. The topological polar surface area (TPSA) is 110 Å². The average Bonchev–Trinajstić information content (AvgIpc) is 3.48. The minimum atomic E-state index is -1.47. The van der Waals surface area contributed by atoms with Crippen LogP contribution in [0.2, 0.25) is 0 Å². The molecule has 164 valence electrons. The molecule has 4 atom stereocenters. The molecule has 1 aliphatic carbocycles. The fourth-order valence-corrected chi connectivity index (χ4v) is 5.06. The highest BCUT2D eigenvalue weighted by Crippen LogP contribution is 2.44. The first-order chi connectivity index (χ1) is 14.1. The lowest BCUT2D eigenvalue weighted by Gasteiger charge is -2.31. The number of thioether (sulfide) groups is 1. The lowest BCUT2D eigenvalue weighted by atomic mass is 9.95. The third-order valence-electron chi connectivity index (χ3n) is 5.60. The van der Waals surface area contributed by atoms with Gasteiger partial charge in [0.1, 0.15) is 17.7 Å². The van der Waals surface area contributed by atoms with Crippen molar-refractivity contribution in [2.45, 2.75) is 57.4 Å². The van der Waals surface area contributed by atoms with Gasteiger partial charge in [-0.2, -0.15) is 0 Å². The maximum Gasteiger partial charge on any atom is 0.327 e. The van der Waals surface area contributed by atoms with Crippen molar-refractivity contribution >= 4 is 23.6 Å². The van der Waals surface area contributed by atoms with Crippen LogP contribution in [0.25, 0.3) is 0 Å². The molecule has 0 aromatic rings. The second kappa shape index (κ2) is 8.99. The lowest BCUT2D eigenvalue weighted by molar-refractivity contribution is -0.140. The van der Waals surface area contributed by atoms with Gasteiger partial charge in [0.2, 0.25) is 5.91 Å². The molecule has 0 aromatic heterocycles. The predicted molar refractivity (Wildman–Crippen MR) is 117 cm³/mol. The van der Waals surface area contributed by atoms with E-state index in [4.69, 9.17) is 0 Å². The van der Waals surface area contributed by atoms with E-state index in [1.54, 1.807) is 6.92 Å². The van der Waals surface area contributed by atoms with Gasteiger partial charge in [-0.3, -0.25) is 4.79 Å². The monoisotopic (exact) mass is 434 g/mol. The molecule has 0 spiro atoms. The third-order valence-corrected chi connectivity index (χ3v) is 6.74. The van der Waals surface area contributed by atoms with Gasteiger partial charge in [0.25, 0.3) is 0 Å². The van der Waals surface area contributed by atoms with Gasteiger partial charge < -0.3 is 25.5 Å². The fourth-order valence-electron chi connectivity index (χ4n) is 3.83. The van der Waals surface area contributed by atoms with E-state index in [2.05, 4.69) is 17.5 Å². The van der Waals surface area contributed by atoms with Crippen molar-refractivity contribution in [2.24, 2.45) is 5.92 Å². The molecular weight excluding hydrogens is 404 g/mol. The molecule has 4 N–H and O–H groups in total. The maximum atomic E-state index is 11.4. The molecule has 1 saturated heterocycles. The molecule has 0 radical (unpaired) electrons. The Morgan fingerprint density at radius 1 is 1.40 bits per heavy atom. The second-order valence-electron chi connectivity index (χ2n) is 8.36. The van der Waals surface area contributed by atoms with E-state index in [0.717, 1.165) is 5.57 Å². The number of aliphatic hydroxyl groups is 2. The van der Waals surface area contributed by atoms with Crippen molar-refractivity contribution in [2.75, 3.05) is 12.3 Å². The van der Waals surface area contributed by atoms with Crippen molar-refractivity contribution in [3.8, 4) is 0 Å². The van der Waals surface area contributed by atoms with E-state index < -0.39 is 29.6 Å². The zero-order valence-electron chi connectivity index (χ0n) is 17.5. The Kier molecular flexibility index (Phi) is 6.79. The Hall–Kier alpha value is -2.03. The Morgan fingerprint density at radius 3 is 2.70 bits per heavy atom. The van der Waals surface area contributed by atoms with Gasteiger partial charge >= 0.3 is 5.97 Å². The van der Waals surface area contributed by atoms with Crippen LogP contribution in [-0.2, 0) is 9.59 Å². The summed E-state index contributed by atoms with van der Waals surface area (Å²) in [5, 5.41) is 33.8. The van der Waals surface area contributed by atoms with Crippen LogP contribution < -0.4 is 5.32 Å². The van der Waals surface area contributed by atoms with Crippen molar-refractivity contribution in [3.63, 3.8) is 0 Å². The van der Waals surface area contributed by atoms with E-state index in [-0.39, 0.29) is 11.8 Å². The highest BCUT2D eigenvalue weighted by atomic mass is 32.2. The van der Waals surface area contributed by atoms with Crippen LogP contribution >= 0.6 is 11.8 Å². The summed E-state index contributed by atoms with van der Waals surface area (Å²) in [5.74, 6) is -0.754. The number of nitrogens with zero attached hydrogens (tertiary/aromatic N) is 1. The minimum absolute atomic E-state index is 0.113. The van der Waals surface area contributed by atoms with Gasteiger partial charge in [0.15, 0.2) is 0 Å². The number of amides is 1. The standard InChI is InChI=1S/C22H30N2O5S/c1-13(6-7-15-8-9-15)11-17-20(26)22(3,29)19-18(5-4-10-24(17)19)30-12-16(21(27)28)23-14(2)25/h4-7,11,15-17,20,26,29H,8-10,12H2,1-3H3,(H,23,25)(H,27,28)/b7-6+,13-11+/t16-,17-,20-,22-/m0/s1. The number of aliphatic carboxylic acids is 1. The molecule has 2 heterocycles. The number of carbonyl (C=O) groups is 2. The van der Waals surface area contributed by atoms with E-state index >= 15 is 0 Å². The number of carboxylic acids is 1. The van der Waals surface area contributed by atoms with Crippen LogP contribution in [0.3, 0.4) is 0 Å². The van der Waals surface area contributed by atoms with E-state index in [9.17, 15) is 24.9 Å². The number of aliphatic hydroxyl groups excluding tert-OH is 1. The van der Waals surface area contributed by atoms with Gasteiger partial charge in [-0.1, -0.05) is 29.9 Å². The molecule has 0 unspecified atom stereocenters. The van der Waals surface area contributed by atoms with E-state index in [0.29, 0.717) is 23.1 Å². The van der Waals surface area contributed by atoms with Crippen LogP contribution in [-0.4, -0.2) is 68.2 Å². The van der Waals surface area contributed by atoms with Crippen LogP contribution in [0.15, 0.2) is 46.6 Å². The molecule has 3 rings (SSSR count). The van der Waals surface area contributed by atoms with Crippen LogP contribution in [0.4, 0.5) is 0 Å². The summed E-state index contributed by atoms with van der Waals surface area (Å²) in [6, 6.07) is -1.42. The highest BCUT2D eigenvalue weighted by Gasteiger charge is 2.52. The number of hydrogen-bond acceptors (Lipinski definition) is 6. The zero-order chi connectivity index (χ0) is 22.1. The Balaban J connectivity index is 1.83. The van der Waals surface area contributed by atoms with Gasteiger partial charge in [0.05, 0.1) is 11.7 Å². The van der Waals surface area contributed by atoms with Crippen molar-refractivity contribution in [3.05, 3.63) is 46.6 Å². The SMILES string of the molecule is CC(=O)N[C@@H](CSC1=C2N(CC=C1)[C@@H](/C=C(C)/C=C/C1CC1)[C@H](O)[C@@]2(C)O)C(=O)O. The van der Waals surface area contributed by atoms with Gasteiger partial charge in [0, 0.05) is 24.1 Å². The second-order valence-corrected chi connectivity index (χ2v) is 9.42. The first-order valence-corrected chi connectivity index (χ1v) is 11.2. The Morgan fingerprint density at radius 2 is 2.10 bits per heavy atom. The van der Waals surface area contributed by atoms with E-state index in [1.165, 1.54) is 31.5 Å². The number of nitrogens with one attached hydrogen (secondary N) is 1. The summed E-state index contributed by atoms with van der Waals surface area (Å²) < 4.78 is 0. The molecule has 3 aliphatic rings. The molecule has 8 heteroatoms. The molecule has 7 nitrogen and oxygen atoms in total. The van der Waals surface area contributed by atoms with Crippen molar-refractivity contribution in [1.29, 1.82) is 0 Å². The summed E-state index contributed by atoms with van der Waals surface area (Å²) in [6.07, 6.45) is 11.5. The van der Waals surface area contributed by atoms with Crippen molar-refractivity contribution in [1.82, 2.24) is 10.2 Å². The summed E-state index contributed by atoms with van der Waals surface area (Å²) in [5.41, 5.74) is 0.152. The molecule has 0 aromatic carbocycles. The number of fused-ring (bicyclic) bond motifs is 1. The molecule has 0 bridgehead atoms. The number of carboxylic acid groups (broad SMARTS) is 1. The normalized spacial score (nSPS) is 30.0. The average molecular weight is 435 g/mol. The molecule has 1 saturated carbocycles. The Bertz CT molecular complexity index is 825. The van der Waals surface area contributed by atoms with E-state index in [1.807, 2.05) is 30.1 Å². The predicted octanol–water partition coefficient (Wildman–Crippen LogP) is 1.80. The number of allylic oxidation sites excluding steroid dienone is 4. The van der Waals surface area contributed by atoms with Crippen molar-refractivity contribution < 1.29 is 24.9 Å². The van der Waals surface area contributed by atoms with Gasteiger partial charge in [-0.05, 0) is 38.7 Å². The van der Waals surface area contributed by atoms with Crippen LogP contribution in [0.1, 0.15) is 33.6 Å². The first kappa shape index (κ1) is 22.7. The minimum Gasteiger partial charge on any atom is -0.480 e. The molecule has 2 aliphatic heterocycles. The molecule has 2 fully saturated rings. The number of carbonyl (C=O) groups excluding carboxylic acids is 1. The molecular formula is C22H30N2O5S. The molecule has 30 heavy (non-hydrogen) atoms. The van der Waals surface area contributed by atoms with Crippen LogP contribution in [0, 0.1) is 5.92 Å². The summed E-state index contributed by atoms with van der Waals surface area (Å²) >= 11 is 1.25. The summed E-state index contributed by atoms with van der Waals surface area (Å²) in [4.78, 5) is 25.4. The molecule has 1 amide bonds. The fraction of sp³-hybridized carbons (Fsp3) is 0.545. The number of hydrogen-bond donors (Lipinski definition) is 4. The third kappa shape index (κ3) is 4.99. The Labute approximate surface area is 181 Å². The summed E-state index contributed by atoms with van der Waals surface area (Å²) in [6.45, 7) is 5.40.